The number of ether oxygens (including phenoxy) is 2. The number of nitrogens with one attached hydrogen (secondary N) is 1. The highest BCUT2D eigenvalue weighted by Crippen LogP contribution is 2.36. The second-order valence-corrected chi connectivity index (χ2v) is 8.96. The number of nitro benzene ring substituents is 1. The Morgan fingerprint density at radius 1 is 1.07 bits per heavy atom. The zero-order valence-electron chi connectivity index (χ0n) is 22.4. The fraction of sp³-hybridized carbons (Fsp3) is 0.133. The summed E-state index contributed by atoms with van der Waals surface area (Å²) >= 11 is 0. The Morgan fingerprint density at radius 3 is 2.36 bits per heavy atom. The van der Waals surface area contributed by atoms with Crippen molar-refractivity contribution in [3.8, 4) is 11.5 Å². The van der Waals surface area contributed by atoms with Crippen LogP contribution in [-0.2, 0) is 22.6 Å². The molecule has 42 heavy (non-hydrogen) atoms. The van der Waals surface area contributed by atoms with Crippen LogP contribution in [0.2, 0.25) is 0 Å². The van der Waals surface area contributed by atoms with Gasteiger partial charge in [0.15, 0.2) is 11.5 Å². The molecule has 0 atom stereocenters. The number of benzene rings is 3. The molecule has 3 aromatic rings. The van der Waals surface area contributed by atoms with Gasteiger partial charge in [0.25, 0.3) is 17.5 Å². The zero-order valence-corrected chi connectivity index (χ0v) is 22.4. The maximum Gasteiger partial charge on any atom is 0.335 e. The van der Waals surface area contributed by atoms with Gasteiger partial charge >= 0.3 is 12.0 Å². The van der Waals surface area contributed by atoms with Crippen molar-refractivity contribution in [2.75, 3.05) is 11.5 Å². The zero-order chi connectivity index (χ0) is 30.4. The number of urea groups is 1. The summed E-state index contributed by atoms with van der Waals surface area (Å²) in [4.78, 5) is 60.8. The Hall–Kier alpha value is -5.78. The Morgan fingerprint density at radius 2 is 1.76 bits per heavy atom. The molecule has 0 spiro atoms. The van der Waals surface area contributed by atoms with Crippen LogP contribution in [0.25, 0.3) is 6.08 Å². The van der Waals surface area contributed by atoms with Crippen molar-refractivity contribution in [1.29, 1.82) is 0 Å². The summed E-state index contributed by atoms with van der Waals surface area (Å²) in [5, 5.41) is 22.2. The summed E-state index contributed by atoms with van der Waals surface area (Å²) in [5.74, 6) is -2.12. The molecule has 214 valence electrons. The average molecular weight is 572 g/mol. The minimum absolute atomic E-state index is 0.0454. The number of aromatic carboxylic acids is 1. The molecule has 0 saturated carbocycles. The second kappa shape index (κ2) is 12.6. The monoisotopic (exact) mass is 571 g/mol. The highest BCUT2D eigenvalue weighted by atomic mass is 16.6. The normalized spacial score (nSPS) is 14.0. The van der Waals surface area contributed by atoms with Crippen LogP contribution in [0, 0.1) is 10.1 Å². The summed E-state index contributed by atoms with van der Waals surface area (Å²) in [6.07, 6.45) is 3.30. The maximum absolute atomic E-state index is 13.3. The number of hydrogen-bond donors (Lipinski definition) is 2. The van der Waals surface area contributed by atoms with Gasteiger partial charge in [-0.25, -0.2) is 14.5 Å². The number of rotatable bonds is 11. The number of amides is 4. The molecule has 3 aromatic carbocycles. The minimum Gasteiger partial charge on any atom is -0.490 e. The lowest BCUT2D eigenvalue weighted by Gasteiger charge is -2.26. The predicted molar refractivity (Wildman–Crippen MR) is 151 cm³/mol. The van der Waals surface area contributed by atoms with Crippen molar-refractivity contribution in [3.05, 3.63) is 111 Å². The van der Waals surface area contributed by atoms with E-state index < -0.39 is 28.7 Å². The van der Waals surface area contributed by atoms with Crippen LogP contribution in [0.4, 0.5) is 16.2 Å². The molecular formula is C30H25N3O9. The van der Waals surface area contributed by atoms with Gasteiger partial charge in [0.2, 0.25) is 0 Å². The maximum atomic E-state index is 13.3. The second-order valence-electron chi connectivity index (χ2n) is 8.96. The average Bonchev–Trinajstić information content (AvgIpc) is 2.95. The lowest BCUT2D eigenvalue weighted by atomic mass is 10.0. The van der Waals surface area contributed by atoms with Gasteiger partial charge in [-0.1, -0.05) is 18.2 Å². The number of anilines is 1. The summed E-state index contributed by atoms with van der Waals surface area (Å²) in [5.41, 5.74) is 1.39. The molecule has 1 aliphatic heterocycles. The first-order chi connectivity index (χ1) is 20.1. The minimum atomic E-state index is -1.04. The molecule has 1 heterocycles. The fourth-order valence-electron chi connectivity index (χ4n) is 4.18. The first-order valence-electron chi connectivity index (χ1n) is 12.6. The molecule has 2 N–H and O–H groups in total. The summed E-state index contributed by atoms with van der Waals surface area (Å²) in [6.45, 7) is 5.95. The van der Waals surface area contributed by atoms with Gasteiger partial charge in [0.1, 0.15) is 12.2 Å². The van der Waals surface area contributed by atoms with Crippen molar-refractivity contribution in [2.24, 2.45) is 0 Å². The predicted octanol–water partition coefficient (Wildman–Crippen LogP) is 4.67. The van der Waals surface area contributed by atoms with Gasteiger partial charge in [-0.3, -0.25) is 25.0 Å². The molecule has 12 heteroatoms. The van der Waals surface area contributed by atoms with E-state index in [2.05, 4.69) is 11.9 Å². The van der Waals surface area contributed by atoms with Crippen molar-refractivity contribution in [2.45, 2.75) is 20.0 Å². The fourth-order valence-corrected chi connectivity index (χ4v) is 4.18. The molecule has 0 aliphatic carbocycles. The van der Waals surface area contributed by atoms with Crippen molar-refractivity contribution in [1.82, 2.24) is 5.32 Å². The lowest BCUT2D eigenvalue weighted by Crippen LogP contribution is -2.54. The molecule has 1 fully saturated rings. The van der Waals surface area contributed by atoms with E-state index in [0.717, 1.165) is 22.6 Å². The van der Waals surface area contributed by atoms with Crippen LogP contribution in [0.15, 0.2) is 78.9 Å². The van der Waals surface area contributed by atoms with Crippen LogP contribution >= 0.6 is 0 Å². The van der Waals surface area contributed by atoms with Crippen LogP contribution in [-0.4, -0.2) is 40.5 Å². The van der Waals surface area contributed by atoms with E-state index in [1.807, 2.05) is 0 Å². The van der Waals surface area contributed by atoms with E-state index >= 15 is 0 Å². The molecular weight excluding hydrogens is 546 g/mol. The number of barbiturate groups is 1. The third-order valence-corrected chi connectivity index (χ3v) is 6.13. The van der Waals surface area contributed by atoms with Crippen LogP contribution < -0.4 is 19.7 Å². The molecule has 4 amide bonds. The number of carboxylic acids is 1. The SMILES string of the molecule is C=CCc1cc(/C=C2\C(=O)NC(=O)N(c3ccc([N+](=O)[O-])cc3)C2=O)cc(OCC)c1OCc1ccc(C(=O)O)cc1. The van der Waals surface area contributed by atoms with Crippen LogP contribution in [0.5, 0.6) is 11.5 Å². The summed E-state index contributed by atoms with van der Waals surface area (Å²) in [6, 6.07) is 13.3. The first-order valence-corrected chi connectivity index (χ1v) is 12.6. The van der Waals surface area contributed by atoms with E-state index in [1.54, 1.807) is 37.3 Å². The Bertz CT molecular complexity index is 1610. The standard InChI is InChI=1S/C30H25N3O9/c1-3-5-21-14-19(16-25(41-4-2)26(21)42-17-18-6-8-20(9-7-18)29(36)37)15-24-27(34)31-30(38)32(28(24)35)22-10-12-23(13-11-22)33(39)40/h3,6-16H,1,4-5,17H2,2H3,(H,36,37)(H,31,34,38)/b24-15+. The van der Waals surface area contributed by atoms with Gasteiger partial charge in [-0.05, 0) is 66.9 Å². The highest BCUT2D eigenvalue weighted by molar-refractivity contribution is 6.39. The molecule has 0 aromatic heterocycles. The number of allylic oxidation sites excluding steroid dienone is 1. The molecule has 0 bridgehead atoms. The quantitative estimate of drug-likeness (QED) is 0.109. The van der Waals surface area contributed by atoms with E-state index in [4.69, 9.17) is 14.6 Å². The molecule has 12 nitrogen and oxygen atoms in total. The summed E-state index contributed by atoms with van der Waals surface area (Å²) in [7, 11) is 0. The number of nitro groups is 1. The van der Waals surface area contributed by atoms with Crippen molar-refractivity contribution in [3.63, 3.8) is 0 Å². The third kappa shape index (κ3) is 6.33. The molecule has 0 unspecified atom stereocenters. The van der Waals surface area contributed by atoms with Crippen molar-refractivity contribution < 1.29 is 38.7 Å². The summed E-state index contributed by atoms with van der Waals surface area (Å²) < 4.78 is 11.9. The number of non-ortho nitro benzene ring substituents is 1. The smallest absolute Gasteiger partial charge is 0.335 e. The Labute approximate surface area is 239 Å². The molecule has 0 radical (unpaired) electrons. The van der Waals surface area contributed by atoms with Gasteiger partial charge < -0.3 is 14.6 Å². The molecule has 1 aliphatic rings. The Kier molecular flexibility index (Phi) is 8.76. The molecule has 1 saturated heterocycles. The lowest BCUT2D eigenvalue weighted by molar-refractivity contribution is -0.384. The first kappa shape index (κ1) is 29.2. The number of imide groups is 2. The van der Waals surface area contributed by atoms with Crippen LogP contribution in [0.1, 0.15) is 34.0 Å². The van der Waals surface area contributed by atoms with Gasteiger partial charge in [-0.15, -0.1) is 6.58 Å². The number of carboxylic acid groups (broad SMARTS) is 1. The topological polar surface area (TPSA) is 165 Å². The van der Waals surface area contributed by atoms with E-state index in [9.17, 15) is 29.3 Å². The molecule has 4 rings (SSSR count). The number of nitrogens with zero attached hydrogens (tertiary/aromatic N) is 2. The number of hydrogen-bond acceptors (Lipinski definition) is 8. The van der Waals surface area contributed by atoms with Gasteiger partial charge in [-0.2, -0.15) is 0 Å². The number of carbonyl (C=O) groups is 4. The third-order valence-electron chi connectivity index (χ3n) is 6.13. The number of carbonyl (C=O) groups excluding carboxylic acids is 3. The van der Waals surface area contributed by atoms with E-state index in [0.29, 0.717) is 29.0 Å². The van der Waals surface area contributed by atoms with Gasteiger partial charge in [0, 0.05) is 17.7 Å². The largest absolute Gasteiger partial charge is 0.490 e. The van der Waals surface area contributed by atoms with E-state index in [1.165, 1.54) is 30.3 Å². The van der Waals surface area contributed by atoms with Gasteiger partial charge in [0.05, 0.1) is 22.8 Å². The Balaban J connectivity index is 1.68. The van der Waals surface area contributed by atoms with E-state index in [-0.39, 0.29) is 35.7 Å². The van der Waals surface area contributed by atoms with Crippen LogP contribution in [0.3, 0.4) is 0 Å². The van der Waals surface area contributed by atoms with Crippen molar-refractivity contribution >= 4 is 41.3 Å². The highest BCUT2D eigenvalue weighted by Gasteiger charge is 2.37.